The van der Waals surface area contributed by atoms with E-state index in [9.17, 15) is 5.11 Å². The van der Waals surface area contributed by atoms with Gasteiger partial charge in [-0.25, -0.2) is 0 Å². The van der Waals surface area contributed by atoms with Gasteiger partial charge in [0.25, 0.3) is 0 Å². The minimum absolute atomic E-state index is 0. The lowest BCUT2D eigenvalue weighted by Crippen LogP contribution is -2.45. The Kier molecular flexibility index (Phi) is 7.49. The average Bonchev–Trinajstić information content (AvgIpc) is 2.94. The lowest BCUT2D eigenvalue weighted by atomic mass is 10.0. The second kappa shape index (κ2) is 8.61. The molecule has 3 rings (SSSR count). The maximum Gasteiger partial charge on any atom is 0.115 e. The molecule has 0 saturated carbocycles. The molecule has 1 aromatic heterocycles. The molecule has 21 heavy (non-hydrogen) atoms. The fraction of sp³-hybridized carbons (Fsp3) is 0.333. The van der Waals surface area contributed by atoms with Gasteiger partial charge < -0.3 is 10.4 Å². The van der Waals surface area contributed by atoms with Gasteiger partial charge in [-0.3, -0.25) is 4.90 Å². The van der Waals surface area contributed by atoms with Gasteiger partial charge in [-0.1, -0.05) is 18.2 Å². The topological polar surface area (TPSA) is 35.5 Å². The van der Waals surface area contributed by atoms with Crippen LogP contribution in [0.3, 0.4) is 0 Å². The Balaban J connectivity index is 0.00000110. The number of aromatic hydroxyl groups is 1. The smallest absolute Gasteiger partial charge is 0.115 e. The molecule has 0 radical (unpaired) electrons. The third kappa shape index (κ3) is 4.34. The fourth-order valence-electron chi connectivity index (χ4n) is 2.64. The van der Waals surface area contributed by atoms with Crippen molar-refractivity contribution in [2.45, 2.75) is 6.04 Å². The highest BCUT2D eigenvalue weighted by molar-refractivity contribution is 7.10. The summed E-state index contributed by atoms with van der Waals surface area (Å²) in [7, 11) is 0. The quantitative estimate of drug-likeness (QED) is 0.894. The van der Waals surface area contributed by atoms with Crippen LogP contribution in [0.1, 0.15) is 16.5 Å². The van der Waals surface area contributed by atoms with Crippen LogP contribution in [0.15, 0.2) is 41.8 Å². The van der Waals surface area contributed by atoms with Crippen molar-refractivity contribution in [3.05, 3.63) is 52.2 Å². The highest BCUT2D eigenvalue weighted by atomic mass is 35.5. The van der Waals surface area contributed by atoms with E-state index in [4.69, 9.17) is 0 Å². The Bertz CT molecular complexity index is 530. The summed E-state index contributed by atoms with van der Waals surface area (Å²) < 4.78 is 0. The molecule has 0 aliphatic carbocycles. The number of phenolic OH excluding ortho intramolecular Hbond substituents is 1. The monoisotopic (exact) mass is 346 g/mol. The Morgan fingerprint density at radius 3 is 2.48 bits per heavy atom. The van der Waals surface area contributed by atoms with Crippen LogP contribution in [-0.2, 0) is 0 Å². The van der Waals surface area contributed by atoms with E-state index >= 15 is 0 Å². The first-order chi connectivity index (χ1) is 9.34. The number of benzene rings is 1. The van der Waals surface area contributed by atoms with Crippen LogP contribution < -0.4 is 5.32 Å². The van der Waals surface area contributed by atoms with Gasteiger partial charge in [0, 0.05) is 31.1 Å². The van der Waals surface area contributed by atoms with Gasteiger partial charge in [0.05, 0.1) is 6.04 Å². The molecule has 2 aromatic rings. The number of rotatable bonds is 3. The zero-order valence-corrected chi connectivity index (χ0v) is 14.0. The van der Waals surface area contributed by atoms with Crippen molar-refractivity contribution in [3.63, 3.8) is 0 Å². The van der Waals surface area contributed by atoms with Crippen LogP contribution in [0.5, 0.6) is 5.75 Å². The Labute approximate surface area is 141 Å². The van der Waals surface area contributed by atoms with E-state index in [2.05, 4.69) is 33.8 Å². The van der Waals surface area contributed by atoms with Crippen molar-refractivity contribution < 1.29 is 5.11 Å². The highest BCUT2D eigenvalue weighted by Crippen LogP contribution is 2.33. The Morgan fingerprint density at radius 2 is 1.86 bits per heavy atom. The van der Waals surface area contributed by atoms with E-state index in [-0.39, 0.29) is 30.9 Å². The van der Waals surface area contributed by atoms with Crippen LogP contribution in [0.4, 0.5) is 0 Å². The minimum atomic E-state index is 0. The largest absolute Gasteiger partial charge is 0.508 e. The number of nitrogens with zero attached hydrogens (tertiary/aromatic N) is 1. The molecule has 0 bridgehead atoms. The van der Waals surface area contributed by atoms with Crippen LogP contribution >= 0.6 is 36.2 Å². The molecule has 1 aliphatic heterocycles. The van der Waals surface area contributed by atoms with E-state index in [0.717, 1.165) is 26.2 Å². The summed E-state index contributed by atoms with van der Waals surface area (Å²) in [6.07, 6.45) is 0. The van der Waals surface area contributed by atoms with E-state index in [1.54, 1.807) is 17.4 Å². The summed E-state index contributed by atoms with van der Waals surface area (Å²) in [5.41, 5.74) is 1.17. The summed E-state index contributed by atoms with van der Waals surface area (Å²) in [4.78, 5) is 3.82. The van der Waals surface area contributed by atoms with Gasteiger partial charge in [0.1, 0.15) is 5.75 Å². The summed E-state index contributed by atoms with van der Waals surface area (Å²) in [6, 6.07) is 12.2. The number of piperazine rings is 1. The first-order valence-electron chi connectivity index (χ1n) is 6.62. The molecule has 0 spiro atoms. The molecule has 1 aromatic carbocycles. The second-order valence-corrected chi connectivity index (χ2v) is 5.78. The van der Waals surface area contributed by atoms with Crippen LogP contribution in [0, 0.1) is 0 Å². The Hall–Kier alpha value is -0.780. The maximum absolute atomic E-state index is 9.73. The first-order valence-corrected chi connectivity index (χ1v) is 7.49. The summed E-state index contributed by atoms with van der Waals surface area (Å²) in [6.45, 7) is 4.14. The summed E-state index contributed by atoms with van der Waals surface area (Å²) in [5.74, 6) is 0.342. The molecule has 6 heteroatoms. The number of phenols is 1. The van der Waals surface area contributed by atoms with E-state index in [0.29, 0.717) is 5.75 Å². The van der Waals surface area contributed by atoms with Gasteiger partial charge in [0.15, 0.2) is 0 Å². The number of hydrogen-bond acceptors (Lipinski definition) is 4. The van der Waals surface area contributed by atoms with Crippen molar-refractivity contribution in [2.24, 2.45) is 0 Å². The number of nitrogens with one attached hydrogen (secondary N) is 1. The number of thiophene rings is 1. The molecule has 3 nitrogen and oxygen atoms in total. The average molecular weight is 347 g/mol. The highest BCUT2D eigenvalue weighted by Gasteiger charge is 2.24. The predicted octanol–water partition coefficient (Wildman–Crippen LogP) is 3.29. The number of hydrogen-bond donors (Lipinski definition) is 2. The summed E-state index contributed by atoms with van der Waals surface area (Å²) in [5, 5.41) is 15.2. The lowest BCUT2D eigenvalue weighted by molar-refractivity contribution is 0.200. The fourth-order valence-corrected chi connectivity index (χ4v) is 3.52. The van der Waals surface area contributed by atoms with Crippen LogP contribution in [0.2, 0.25) is 0 Å². The zero-order valence-electron chi connectivity index (χ0n) is 11.6. The maximum atomic E-state index is 9.73. The first kappa shape index (κ1) is 18.3. The number of halogens is 2. The van der Waals surface area contributed by atoms with E-state index < -0.39 is 0 Å². The van der Waals surface area contributed by atoms with Gasteiger partial charge in [-0.15, -0.1) is 36.2 Å². The third-order valence-electron chi connectivity index (χ3n) is 3.52. The summed E-state index contributed by atoms with van der Waals surface area (Å²) >= 11 is 1.78. The molecule has 1 atom stereocenters. The molecule has 2 heterocycles. The van der Waals surface area contributed by atoms with Gasteiger partial charge in [-0.2, -0.15) is 0 Å². The molecule has 1 aliphatic rings. The normalized spacial score (nSPS) is 16.6. The third-order valence-corrected chi connectivity index (χ3v) is 4.44. The molecular weight excluding hydrogens is 327 g/mol. The molecule has 2 N–H and O–H groups in total. The van der Waals surface area contributed by atoms with Crippen LogP contribution in [0.25, 0.3) is 0 Å². The van der Waals surface area contributed by atoms with Crippen molar-refractivity contribution in [3.8, 4) is 5.75 Å². The van der Waals surface area contributed by atoms with Crippen molar-refractivity contribution >= 4 is 36.2 Å². The molecular formula is C15H20Cl2N2OS. The lowest BCUT2D eigenvalue weighted by Gasteiger charge is -2.34. The molecule has 116 valence electrons. The molecule has 1 fully saturated rings. The predicted molar refractivity (Wildman–Crippen MR) is 93.2 cm³/mol. The SMILES string of the molecule is Cl.Cl.Oc1cccc([C@H](c2cccs2)N2CCNCC2)c1. The van der Waals surface area contributed by atoms with Gasteiger partial charge in [-0.05, 0) is 29.1 Å². The molecule has 1 saturated heterocycles. The van der Waals surface area contributed by atoms with Crippen molar-refractivity contribution in [1.82, 2.24) is 10.2 Å². The molecule has 0 amide bonds. The van der Waals surface area contributed by atoms with E-state index in [1.807, 2.05) is 12.1 Å². The zero-order chi connectivity index (χ0) is 13.1. The van der Waals surface area contributed by atoms with Gasteiger partial charge >= 0.3 is 0 Å². The van der Waals surface area contributed by atoms with Crippen molar-refractivity contribution in [1.29, 1.82) is 0 Å². The molecule has 0 unspecified atom stereocenters. The standard InChI is InChI=1S/C15H18N2OS.2ClH/c18-13-4-1-3-12(11-13)15(14-5-2-10-19-14)17-8-6-16-7-9-17;;/h1-5,10-11,15-16,18H,6-9H2;2*1H/t15-;;/m1../s1. The van der Waals surface area contributed by atoms with Crippen molar-refractivity contribution in [2.75, 3.05) is 26.2 Å². The van der Waals surface area contributed by atoms with E-state index in [1.165, 1.54) is 10.4 Å². The second-order valence-electron chi connectivity index (χ2n) is 4.80. The van der Waals surface area contributed by atoms with Crippen LogP contribution in [-0.4, -0.2) is 36.2 Å². The Morgan fingerprint density at radius 1 is 1.10 bits per heavy atom. The minimum Gasteiger partial charge on any atom is -0.508 e. The van der Waals surface area contributed by atoms with Gasteiger partial charge in [0.2, 0.25) is 0 Å².